The Labute approximate surface area is 145 Å². The van der Waals surface area contributed by atoms with Gasteiger partial charge in [-0.05, 0) is 36.8 Å². The first kappa shape index (κ1) is 18.1. The molecule has 0 aliphatic heterocycles. The van der Waals surface area contributed by atoms with Crippen molar-refractivity contribution in [3.63, 3.8) is 0 Å². The summed E-state index contributed by atoms with van der Waals surface area (Å²) in [6.45, 7) is 2.55. The van der Waals surface area contributed by atoms with Crippen LogP contribution in [0.5, 0.6) is 11.5 Å². The first-order chi connectivity index (χ1) is 11.5. The fraction of sp³-hybridized carbons (Fsp3) is 0.278. The average Bonchev–Trinajstić information content (AvgIpc) is 2.59. The summed E-state index contributed by atoms with van der Waals surface area (Å²) in [5.74, 6) is 0.101. The van der Waals surface area contributed by atoms with Crippen LogP contribution in [0.25, 0.3) is 0 Å². The Morgan fingerprint density at radius 3 is 2.46 bits per heavy atom. The van der Waals surface area contributed by atoms with Crippen molar-refractivity contribution in [1.29, 1.82) is 0 Å². The van der Waals surface area contributed by atoms with E-state index in [9.17, 15) is 9.18 Å². The molecule has 0 fully saturated rings. The summed E-state index contributed by atoms with van der Waals surface area (Å²) in [6.07, 6.45) is 0. The van der Waals surface area contributed by atoms with E-state index >= 15 is 0 Å². The number of halogens is 2. The third-order valence-corrected chi connectivity index (χ3v) is 3.98. The molecule has 0 aliphatic rings. The van der Waals surface area contributed by atoms with E-state index in [0.29, 0.717) is 24.6 Å². The minimum absolute atomic E-state index is 0.103. The van der Waals surface area contributed by atoms with Gasteiger partial charge < -0.3 is 14.4 Å². The monoisotopic (exact) mass is 351 g/mol. The lowest BCUT2D eigenvalue weighted by molar-refractivity contribution is 0.0748. The molecule has 128 valence electrons. The second-order valence-electron chi connectivity index (χ2n) is 5.11. The van der Waals surface area contributed by atoms with Crippen LogP contribution in [0.2, 0.25) is 5.02 Å². The standard InChI is InChI=1S/C18H19ClFNO3/c1-4-21(18(22)17-13(19)6-5-7-14(17)20)11-12-8-9-15(23-2)16(10-12)24-3/h5-10H,4,11H2,1-3H3. The van der Waals surface area contributed by atoms with Gasteiger partial charge >= 0.3 is 0 Å². The third-order valence-electron chi connectivity index (χ3n) is 3.67. The van der Waals surface area contributed by atoms with Gasteiger partial charge in [0.15, 0.2) is 11.5 Å². The molecule has 6 heteroatoms. The summed E-state index contributed by atoms with van der Waals surface area (Å²) in [5.41, 5.74) is 0.733. The summed E-state index contributed by atoms with van der Waals surface area (Å²) < 4.78 is 24.4. The van der Waals surface area contributed by atoms with E-state index in [-0.39, 0.29) is 10.6 Å². The van der Waals surface area contributed by atoms with Crippen molar-refractivity contribution in [2.45, 2.75) is 13.5 Å². The largest absolute Gasteiger partial charge is 0.493 e. The van der Waals surface area contributed by atoms with Crippen LogP contribution in [0.4, 0.5) is 4.39 Å². The summed E-state index contributed by atoms with van der Waals surface area (Å²) in [7, 11) is 3.10. The van der Waals surface area contributed by atoms with Crippen molar-refractivity contribution < 1.29 is 18.7 Å². The zero-order valence-electron chi connectivity index (χ0n) is 13.8. The zero-order chi connectivity index (χ0) is 17.7. The first-order valence-corrected chi connectivity index (χ1v) is 7.83. The lowest BCUT2D eigenvalue weighted by Crippen LogP contribution is -2.31. The lowest BCUT2D eigenvalue weighted by atomic mass is 10.1. The molecule has 2 aromatic carbocycles. The molecule has 24 heavy (non-hydrogen) atoms. The molecule has 2 rings (SSSR count). The van der Waals surface area contributed by atoms with E-state index < -0.39 is 11.7 Å². The maximum Gasteiger partial charge on any atom is 0.258 e. The number of carbonyl (C=O) groups is 1. The van der Waals surface area contributed by atoms with Crippen molar-refractivity contribution in [3.8, 4) is 11.5 Å². The van der Waals surface area contributed by atoms with Crippen LogP contribution in [0.1, 0.15) is 22.8 Å². The summed E-state index contributed by atoms with van der Waals surface area (Å²) in [6, 6.07) is 9.59. The minimum atomic E-state index is -0.627. The maximum absolute atomic E-state index is 14.0. The maximum atomic E-state index is 14.0. The van der Waals surface area contributed by atoms with Crippen LogP contribution < -0.4 is 9.47 Å². The number of hydrogen-bond donors (Lipinski definition) is 0. The summed E-state index contributed by atoms with van der Waals surface area (Å²) >= 11 is 5.99. The number of nitrogens with zero attached hydrogens (tertiary/aromatic N) is 1. The van der Waals surface area contributed by atoms with E-state index in [1.807, 2.05) is 13.0 Å². The van der Waals surface area contributed by atoms with Gasteiger partial charge in [-0.15, -0.1) is 0 Å². The fourth-order valence-electron chi connectivity index (χ4n) is 2.39. The van der Waals surface area contributed by atoms with E-state index in [0.717, 1.165) is 5.56 Å². The van der Waals surface area contributed by atoms with Crippen molar-refractivity contribution in [1.82, 2.24) is 4.90 Å². The van der Waals surface area contributed by atoms with Gasteiger partial charge in [0.2, 0.25) is 0 Å². The number of amides is 1. The van der Waals surface area contributed by atoms with Crippen molar-refractivity contribution in [2.24, 2.45) is 0 Å². The molecule has 0 bridgehead atoms. The predicted molar refractivity (Wildman–Crippen MR) is 91.4 cm³/mol. The van der Waals surface area contributed by atoms with Crippen LogP contribution in [0.3, 0.4) is 0 Å². The van der Waals surface area contributed by atoms with Crippen LogP contribution in [0, 0.1) is 5.82 Å². The molecular formula is C18H19ClFNO3. The molecule has 2 aromatic rings. The molecule has 0 heterocycles. The molecule has 0 saturated carbocycles. The zero-order valence-corrected chi connectivity index (χ0v) is 14.6. The van der Waals surface area contributed by atoms with Gasteiger partial charge in [0.1, 0.15) is 5.82 Å². The smallest absolute Gasteiger partial charge is 0.258 e. The van der Waals surface area contributed by atoms with Gasteiger partial charge in [0.25, 0.3) is 5.91 Å². The number of ether oxygens (including phenoxy) is 2. The Bertz CT molecular complexity index is 716. The van der Waals surface area contributed by atoms with Crippen LogP contribution in [-0.4, -0.2) is 31.6 Å². The topological polar surface area (TPSA) is 38.8 Å². The van der Waals surface area contributed by atoms with Crippen LogP contribution in [-0.2, 0) is 6.54 Å². The molecule has 1 amide bonds. The van der Waals surface area contributed by atoms with Gasteiger partial charge in [0.05, 0.1) is 24.8 Å². The lowest BCUT2D eigenvalue weighted by Gasteiger charge is -2.22. The Hall–Kier alpha value is -2.27. The van der Waals surface area contributed by atoms with Crippen molar-refractivity contribution in [3.05, 3.63) is 58.4 Å². The molecule has 0 aromatic heterocycles. The van der Waals surface area contributed by atoms with Gasteiger partial charge in [-0.3, -0.25) is 4.79 Å². The Morgan fingerprint density at radius 1 is 1.17 bits per heavy atom. The molecule has 4 nitrogen and oxygen atoms in total. The fourth-order valence-corrected chi connectivity index (χ4v) is 2.63. The van der Waals surface area contributed by atoms with Crippen LogP contribution in [0.15, 0.2) is 36.4 Å². The number of rotatable bonds is 6. The highest BCUT2D eigenvalue weighted by Crippen LogP contribution is 2.28. The molecule has 0 aliphatic carbocycles. The highest BCUT2D eigenvalue weighted by molar-refractivity contribution is 6.33. The molecule has 0 unspecified atom stereocenters. The highest BCUT2D eigenvalue weighted by atomic mass is 35.5. The minimum Gasteiger partial charge on any atom is -0.493 e. The van der Waals surface area contributed by atoms with Gasteiger partial charge in [-0.1, -0.05) is 23.7 Å². The second-order valence-corrected chi connectivity index (χ2v) is 5.51. The average molecular weight is 352 g/mol. The van der Waals surface area contributed by atoms with E-state index in [2.05, 4.69) is 0 Å². The third kappa shape index (κ3) is 3.79. The van der Waals surface area contributed by atoms with E-state index in [4.69, 9.17) is 21.1 Å². The quantitative estimate of drug-likeness (QED) is 0.784. The number of benzene rings is 2. The Balaban J connectivity index is 2.28. The summed E-state index contributed by atoms with van der Waals surface area (Å²) in [5, 5.41) is 0.103. The van der Waals surface area contributed by atoms with Gasteiger partial charge in [0, 0.05) is 13.1 Å². The molecular weight excluding hydrogens is 333 g/mol. The number of hydrogen-bond acceptors (Lipinski definition) is 3. The molecule has 0 saturated heterocycles. The first-order valence-electron chi connectivity index (χ1n) is 7.46. The normalized spacial score (nSPS) is 10.4. The van der Waals surface area contributed by atoms with Crippen LogP contribution >= 0.6 is 11.6 Å². The van der Waals surface area contributed by atoms with Crippen molar-refractivity contribution >= 4 is 17.5 Å². The number of carbonyl (C=O) groups excluding carboxylic acids is 1. The molecule has 0 spiro atoms. The predicted octanol–water partition coefficient (Wildman–Crippen LogP) is 4.16. The second kappa shape index (κ2) is 8.02. The van der Waals surface area contributed by atoms with E-state index in [1.54, 1.807) is 26.4 Å². The van der Waals surface area contributed by atoms with Crippen molar-refractivity contribution in [2.75, 3.05) is 20.8 Å². The Kier molecular flexibility index (Phi) is 6.04. The highest BCUT2D eigenvalue weighted by Gasteiger charge is 2.21. The Morgan fingerprint density at radius 2 is 1.88 bits per heavy atom. The number of methoxy groups -OCH3 is 2. The molecule has 0 radical (unpaired) electrons. The van der Waals surface area contributed by atoms with E-state index in [1.165, 1.54) is 23.1 Å². The molecule has 0 atom stereocenters. The summed E-state index contributed by atoms with van der Waals surface area (Å²) in [4.78, 5) is 14.2. The van der Waals surface area contributed by atoms with Gasteiger partial charge in [-0.25, -0.2) is 4.39 Å². The van der Waals surface area contributed by atoms with Gasteiger partial charge in [-0.2, -0.15) is 0 Å². The SMILES string of the molecule is CCN(Cc1ccc(OC)c(OC)c1)C(=O)c1c(F)cccc1Cl. The molecule has 0 N–H and O–H groups in total.